The van der Waals surface area contributed by atoms with Crippen LogP contribution in [0.15, 0.2) is 29.6 Å². The molecule has 0 aromatic carbocycles. The maximum atomic E-state index is 12.5. The van der Waals surface area contributed by atoms with Crippen molar-refractivity contribution in [2.45, 2.75) is 11.9 Å². The quantitative estimate of drug-likeness (QED) is 0.803. The van der Waals surface area contributed by atoms with Gasteiger partial charge in [0.1, 0.15) is 5.82 Å². The highest BCUT2D eigenvalue weighted by Crippen LogP contribution is 2.13. The van der Waals surface area contributed by atoms with E-state index in [1.54, 1.807) is 6.92 Å². The van der Waals surface area contributed by atoms with Crippen LogP contribution in [0, 0.1) is 12.9 Å². The van der Waals surface area contributed by atoms with E-state index in [1.165, 1.54) is 12.3 Å². The van der Waals surface area contributed by atoms with Crippen molar-refractivity contribution in [2.75, 3.05) is 4.72 Å². The van der Waals surface area contributed by atoms with Gasteiger partial charge in [0.25, 0.3) is 10.0 Å². The minimum Gasteiger partial charge on any atom is -0.332 e. The fraction of sp³-hybridized carbons (Fsp3) is 0.111. The largest absolute Gasteiger partial charge is 0.332 e. The summed E-state index contributed by atoms with van der Waals surface area (Å²) in [4.78, 5) is 9.72. The first-order chi connectivity index (χ1) is 7.97. The molecule has 2 aromatic heterocycles. The van der Waals surface area contributed by atoms with Gasteiger partial charge < -0.3 is 4.98 Å². The Morgan fingerprint density at radius 2 is 2.06 bits per heavy atom. The molecule has 0 fully saturated rings. The fourth-order valence-corrected chi connectivity index (χ4v) is 2.20. The minimum absolute atomic E-state index is 0.0562. The van der Waals surface area contributed by atoms with Crippen LogP contribution in [-0.4, -0.2) is 23.4 Å². The van der Waals surface area contributed by atoms with Gasteiger partial charge in [0.15, 0.2) is 5.03 Å². The van der Waals surface area contributed by atoms with Gasteiger partial charge in [0, 0.05) is 0 Å². The van der Waals surface area contributed by atoms with Crippen LogP contribution in [0.5, 0.6) is 0 Å². The molecule has 0 bridgehead atoms. The number of nitrogens with one attached hydrogen (secondary N) is 2. The van der Waals surface area contributed by atoms with E-state index in [0.717, 1.165) is 12.3 Å². The molecular formula is C9H9FN4O2S. The minimum atomic E-state index is -3.74. The lowest BCUT2D eigenvalue weighted by atomic mass is 10.4. The second-order valence-corrected chi connectivity index (χ2v) is 4.96. The number of aromatic amines is 1. The summed E-state index contributed by atoms with van der Waals surface area (Å²) in [5.41, 5.74) is 0.179. The van der Waals surface area contributed by atoms with E-state index in [9.17, 15) is 12.8 Å². The van der Waals surface area contributed by atoms with Gasteiger partial charge in [-0.2, -0.15) is 12.8 Å². The number of nitrogens with zero attached hydrogens (tertiary/aromatic N) is 2. The number of H-pyrrole nitrogens is 1. The third-order valence-electron chi connectivity index (χ3n) is 1.95. The van der Waals surface area contributed by atoms with Crippen molar-refractivity contribution in [3.63, 3.8) is 0 Å². The number of hydrogen-bond acceptors (Lipinski definition) is 4. The molecule has 0 atom stereocenters. The smallest absolute Gasteiger partial charge is 0.279 e. The van der Waals surface area contributed by atoms with Gasteiger partial charge in [-0.15, -0.1) is 0 Å². The van der Waals surface area contributed by atoms with E-state index < -0.39 is 16.0 Å². The Morgan fingerprint density at radius 3 is 2.59 bits per heavy atom. The molecule has 0 spiro atoms. The molecule has 2 rings (SSSR count). The number of aryl methyl sites for hydroxylation is 1. The first-order valence-corrected chi connectivity index (χ1v) is 6.12. The van der Waals surface area contributed by atoms with Crippen LogP contribution in [0.2, 0.25) is 0 Å². The zero-order valence-corrected chi connectivity index (χ0v) is 9.62. The van der Waals surface area contributed by atoms with Crippen LogP contribution in [0.25, 0.3) is 0 Å². The number of sulfonamides is 1. The molecule has 17 heavy (non-hydrogen) atoms. The van der Waals surface area contributed by atoms with E-state index in [4.69, 9.17) is 0 Å². The summed E-state index contributed by atoms with van der Waals surface area (Å²) in [5, 5.41) is -0.0562. The van der Waals surface area contributed by atoms with Crippen LogP contribution in [0.1, 0.15) is 5.82 Å². The van der Waals surface area contributed by atoms with Crippen molar-refractivity contribution in [1.29, 1.82) is 0 Å². The summed E-state index contributed by atoms with van der Waals surface area (Å²) in [6.07, 6.45) is 2.30. The summed E-state index contributed by atoms with van der Waals surface area (Å²) in [6, 6.07) is 2.35. The van der Waals surface area contributed by atoms with Crippen LogP contribution in [0.3, 0.4) is 0 Å². The molecule has 90 valence electrons. The Morgan fingerprint density at radius 1 is 1.29 bits per heavy atom. The highest BCUT2D eigenvalue weighted by Gasteiger charge is 2.16. The van der Waals surface area contributed by atoms with Crippen LogP contribution in [0.4, 0.5) is 10.1 Å². The van der Waals surface area contributed by atoms with Gasteiger partial charge in [-0.3, -0.25) is 4.72 Å². The number of halogens is 1. The molecule has 0 saturated heterocycles. The summed E-state index contributed by atoms with van der Waals surface area (Å²) in [5.74, 6) is -0.187. The lowest BCUT2D eigenvalue weighted by Crippen LogP contribution is -2.13. The SMILES string of the molecule is Cc1ncc(S(=O)(=O)Nc2ccc(F)nc2)[nH]1. The molecule has 0 aliphatic rings. The third-order valence-corrected chi connectivity index (χ3v) is 3.24. The van der Waals surface area contributed by atoms with E-state index in [2.05, 4.69) is 19.7 Å². The average Bonchev–Trinajstić information content (AvgIpc) is 2.69. The van der Waals surface area contributed by atoms with Crippen molar-refractivity contribution in [3.8, 4) is 0 Å². The van der Waals surface area contributed by atoms with E-state index in [-0.39, 0.29) is 10.7 Å². The summed E-state index contributed by atoms with van der Waals surface area (Å²) in [7, 11) is -3.74. The monoisotopic (exact) mass is 256 g/mol. The van der Waals surface area contributed by atoms with Gasteiger partial charge in [0.05, 0.1) is 18.1 Å². The molecule has 8 heteroatoms. The molecule has 6 nitrogen and oxygen atoms in total. The highest BCUT2D eigenvalue weighted by atomic mass is 32.2. The molecule has 0 unspecified atom stereocenters. The van der Waals surface area contributed by atoms with E-state index >= 15 is 0 Å². The Hall–Kier alpha value is -1.96. The lowest BCUT2D eigenvalue weighted by Gasteiger charge is -2.04. The topological polar surface area (TPSA) is 87.7 Å². The van der Waals surface area contributed by atoms with Crippen LogP contribution >= 0.6 is 0 Å². The molecule has 2 aromatic rings. The maximum Gasteiger partial charge on any atom is 0.279 e. The first kappa shape index (κ1) is 11.5. The number of imidazole rings is 1. The van der Waals surface area contributed by atoms with Crippen molar-refractivity contribution in [2.24, 2.45) is 0 Å². The van der Waals surface area contributed by atoms with Gasteiger partial charge in [-0.25, -0.2) is 9.97 Å². The number of pyridine rings is 1. The van der Waals surface area contributed by atoms with Gasteiger partial charge in [0.2, 0.25) is 5.95 Å². The highest BCUT2D eigenvalue weighted by molar-refractivity contribution is 7.92. The molecule has 0 radical (unpaired) electrons. The lowest BCUT2D eigenvalue weighted by molar-refractivity contribution is 0.583. The number of hydrogen-bond donors (Lipinski definition) is 2. The van der Waals surface area contributed by atoms with Gasteiger partial charge in [-0.05, 0) is 19.1 Å². The third kappa shape index (κ3) is 2.59. The van der Waals surface area contributed by atoms with Crippen molar-refractivity contribution < 1.29 is 12.8 Å². The number of anilines is 1. The standard InChI is InChI=1S/C9H9FN4O2S/c1-6-11-5-9(13-6)17(15,16)14-7-2-3-8(10)12-4-7/h2-5,14H,1H3,(H,11,13). The molecule has 0 aliphatic carbocycles. The van der Waals surface area contributed by atoms with E-state index in [1.807, 2.05) is 0 Å². The predicted octanol–water partition coefficient (Wildman–Crippen LogP) is 1.05. The summed E-state index contributed by atoms with van der Waals surface area (Å²) < 4.78 is 38.4. The average molecular weight is 256 g/mol. The second kappa shape index (κ2) is 4.13. The molecule has 2 heterocycles. The Bertz CT molecular complexity index is 621. The van der Waals surface area contributed by atoms with E-state index in [0.29, 0.717) is 5.82 Å². The van der Waals surface area contributed by atoms with Crippen molar-refractivity contribution in [3.05, 3.63) is 36.3 Å². The normalized spacial score (nSPS) is 11.4. The molecule has 2 N–H and O–H groups in total. The number of rotatable bonds is 3. The molecule has 0 saturated carbocycles. The summed E-state index contributed by atoms with van der Waals surface area (Å²) in [6.45, 7) is 1.64. The molecular weight excluding hydrogens is 247 g/mol. The zero-order chi connectivity index (χ0) is 12.5. The molecule has 0 amide bonds. The second-order valence-electron chi connectivity index (χ2n) is 3.31. The Kier molecular flexibility index (Phi) is 2.80. The van der Waals surface area contributed by atoms with Crippen molar-refractivity contribution in [1.82, 2.24) is 15.0 Å². The first-order valence-electron chi connectivity index (χ1n) is 4.63. The Labute approximate surface area is 97.0 Å². The van der Waals surface area contributed by atoms with Gasteiger partial charge >= 0.3 is 0 Å². The molecule has 0 aliphatic heterocycles. The van der Waals surface area contributed by atoms with Gasteiger partial charge in [-0.1, -0.05) is 0 Å². The number of aromatic nitrogens is 3. The fourth-order valence-electron chi connectivity index (χ4n) is 1.18. The van der Waals surface area contributed by atoms with Crippen molar-refractivity contribution >= 4 is 15.7 Å². The Balaban J connectivity index is 2.26. The maximum absolute atomic E-state index is 12.5. The predicted molar refractivity (Wildman–Crippen MR) is 58.3 cm³/mol. The summed E-state index contributed by atoms with van der Waals surface area (Å²) >= 11 is 0. The van der Waals surface area contributed by atoms with Crippen LogP contribution in [-0.2, 0) is 10.0 Å². The zero-order valence-electron chi connectivity index (χ0n) is 8.81. The van der Waals surface area contributed by atoms with Crippen LogP contribution < -0.4 is 4.72 Å².